The molecule has 0 bridgehead atoms. The number of ether oxygens (including phenoxy) is 1. The van der Waals surface area contributed by atoms with Gasteiger partial charge in [-0.25, -0.2) is 4.79 Å². The van der Waals surface area contributed by atoms with Gasteiger partial charge in [-0.2, -0.15) is 0 Å². The van der Waals surface area contributed by atoms with Gasteiger partial charge in [-0.15, -0.1) is 0 Å². The van der Waals surface area contributed by atoms with Gasteiger partial charge < -0.3 is 4.74 Å². The number of alkyl halides is 1. The molecule has 0 aliphatic rings. The quantitative estimate of drug-likeness (QED) is 0.226. The monoisotopic (exact) mass is 386 g/mol. The Morgan fingerprint density at radius 1 is 0.778 bits per heavy atom. The Balaban J connectivity index is 1.89. The molecule has 0 fully saturated rings. The maximum Gasteiger partial charge on any atom is 0.336 e. The Bertz CT molecular complexity index is 615. The summed E-state index contributed by atoms with van der Waals surface area (Å²) >= 11 is 6.88. The van der Waals surface area contributed by atoms with E-state index in [1.54, 1.807) is 0 Å². The number of carbonyl (C=O) groups excluding carboxylic acids is 1. The zero-order valence-electron chi connectivity index (χ0n) is 16.3. The number of benzene rings is 2. The molecule has 27 heavy (non-hydrogen) atoms. The molecule has 0 saturated heterocycles. The van der Waals surface area contributed by atoms with E-state index in [4.69, 9.17) is 16.3 Å². The maximum atomic E-state index is 12.9. The van der Waals surface area contributed by atoms with Crippen LogP contribution < -0.4 is 0 Å². The minimum absolute atomic E-state index is 0.399. The van der Waals surface area contributed by atoms with Crippen molar-refractivity contribution >= 4 is 17.6 Å². The summed E-state index contributed by atoms with van der Waals surface area (Å²) in [6.45, 7) is 2.65. The van der Waals surface area contributed by atoms with Crippen LogP contribution in [0.4, 0.5) is 0 Å². The molecule has 0 radical (unpaired) electrons. The highest BCUT2D eigenvalue weighted by molar-refractivity contribution is 6.36. The number of halogens is 1. The first kappa shape index (κ1) is 21.5. The molecule has 2 aromatic carbocycles. The summed E-state index contributed by atoms with van der Waals surface area (Å²) < 4.78 is 5.59. The highest BCUT2D eigenvalue weighted by Crippen LogP contribution is 2.38. The number of hydrogen-bond donors (Lipinski definition) is 0. The first-order chi connectivity index (χ1) is 13.2. The van der Waals surface area contributed by atoms with Crippen LogP contribution in [0.2, 0.25) is 0 Å². The van der Waals surface area contributed by atoms with Crippen molar-refractivity contribution in [1.82, 2.24) is 0 Å². The predicted molar refractivity (Wildman–Crippen MR) is 113 cm³/mol. The minimum Gasteiger partial charge on any atom is -0.464 e. The predicted octanol–water partition coefficient (Wildman–Crippen LogP) is 6.85. The van der Waals surface area contributed by atoms with Crippen LogP contribution in [0.15, 0.2) is 60.7 Å². The molecule has 0 atom stereocenters. The molecule has 0 amide bonds. The van der Waals surface area contributed by atoms with E-state index in [0.717, 1.165) is 24.0 Å². The maximum absolute atomic E-state index is 12.9. The number of carbonyl (C=O) groups is 1. The third-order valence-electron chi connectivity index (χ3n) is 4.86. The van der Waals surface area contributed by atoms with E-state index in [0.29, 0.717) is 6.61 Å². The van der Waals surface area contributed by atoms with E-state index in [1.165, 1.54) is 38.5 Å². The number of rotatable bonds is 12. The van der Waals surface area contributed by atoms with Gasteiger partial charge in [-0.3, -0.25) is 0 Å². The average Bonchev–Trinajstić information content (AvgIpc) is 2.73. The van der Waals surface area contributed by atoms with E-state index in [9.17, 15) is 4.79 Å². The van der Waals surface area contributed by atoms with E-state index in [2.05, 4.69) is 6.92 Å². The van der Waals surface area contributed by atoms with Crippen molar-refractivity contribution in [2.24, 2.45) is 0 Å². The van der Waals surface area contributed by atoms with Crippen LogP contribution in [0.5, 0.6) is 0 Å². The van der Waals surface area contributed by atoms with Gasteiger partial charge >= 0.3 is 5.97 Å². The summed E-state index contributed by atoms with van der Waals surface area (Å²) in [4.78, 5) is 11.6. The molecular weight excluding hydrogens is 356 g/mol. The molecule has 2 aromatic rings. The SMILES string of the molecule is CCCCCCCCCCOC(=O)C(Cl)(c1ccccc1)c1ccccc1. The van der Waals surface area contributed by atoms with Crippen LogP contribution in [0.25, 0.3) is 0 Å². The summed E-state index contributed by atoms with van der Waals surface area (Å²) in [5.74, 6) is -0.399. The van der Waals surface area contributed by atoms with E-state index in [1.807, 2.05) is 60.7 Å². The lowest BCUT2D eigenvalue weighted by Gasteiger charge is -2.26. The number of hydrogen-bond acceptors (Lipinski definition) is 2. The van der Waals surface area contributed by atoms with Crippen LogP contribution in [0.3, 0.4) is 0 Å². The molecule has 3 heteroatoms. The van der Waals surface area contributed by atoms with Crippen LogP contribution in [0, 0.1) is 0 Å². The van der Waals surface area contributed by atoms with Crippen molar-refractivity contribution in [3.05, 3.63) is 71.8 Å². The molecule has 146 valence electrons. The molecule has 2 rings (SSSR count). The zero-order valence-corrected chi connectivity index (χ0v) is 17.1. The first-order valence-electron chi connectivity index (χ1n) is 10.2. The molecule has 0 heterocycles. The summed E-state index contributed by atoms with van der Waals surface area (Å²) in [6.07, 6.45) is 9.68. The topological polar surface area (TPSA) is 26.3 Å². The third-order valence-corrected chi connectivity index (χ3v) is 5.45. The lowest BCUT2D eigenvalue weighted by Crippen LogP contribution is -2.33. The van der Waals surface area contributed by atoms with Gasteiger partial charge in [0, 0.05) is 0 Å². The molecule has 0 saturated carbocycles. The largest absolute Gasteiger partial charge is 0.464 e. The number of esters is 1. The molecule has 0 aliphatic heterocycles. The molecular formula is C24H31ClO2. The summed E-state index contributed by atoms with van der Waals surface area (Å²) in [6, 6.07) is 18.9. The molecule has 0 spiro atoms. The Hall–Kier alpha value is -1.80. The summed E-state index contributed by atoms with van der Waals surface area (Å²) in [7, 11) is 0. The molecule has 2 nitrogen and oxygen atoms in total. The van der Waals surface area contributed by atoms with Crippen LogP contribution in [-0.4, -0.2) is 12.6 Å². The van der Waals surface area contributed by atoms with Gasteiger partial charge in [0.1, 0.15) is 0 Å². The van der Waals surface area contributed by atoms with Crippen molar-refractivity contribution in [2.75, 3.05) is 6.61 Å². The van der Waals surface area contributed by atoms with E-state index >= 15 is 0 Å². The highest BCUT2D eigenvalue weighted by Gasteiger charge is 2.41. The fourth-order valence-corrected chi connectivity index (χ4v) is 3.54. The standard InChI is InChI=1S/C24H31ClO2/c1-2-3-4-5-6-7-8-15-20-27-23(26)24(25,21-16-11-9-12-17-21)22-18-13-10-14-19-22/h9-14,16-19H,2-8,15,20H2,1H3. The fourth-order valence-electron chi connectivity index (χ4n) is 3.24. The highest BCUT2D eigenvalue weighted by atomic mass is 35.5. The van der Waals surface area contributed by atoms with E-state index < -0.39 is 10.8 Å². The Morgan fingerprint density at radius 3 is 1.70 bits per heavy atom. The Morgan fingerprint density at radius 2 is 1.22 bits per heavy atom. The average molecular weight is 387 g/mol. The molecule has 0 unspecified atom stereocenters. The molecule has 0 aliphatic carbocycles. The Kier molecular flexibility index (Phi) is 9.41. The summed E-state index contributed by atoms with van der Waals surface area (Å²) in [5, 5.41) is 0. The normalized spacial score (nSPS) is 11.3. The van der Waals surface area contributed by atoms with Crippen molar-refractivity contribution in [2.45, 2.75) is 63.2 Å². The Labute approximate surface area is 168 Å². The molecule has 0 aromatic heterocycles. The van der Waals surface area contributed by atoms with Crippen LogP contribution in [-0.2, 0) is 14.4 Å². The third kappa shape index (κ3) is 6.39. The van der Waals surface area contributed by atoms with Gasteiger partial charge in [-0.1, -0.05) is 124 Å². The van der Waals surface area contributed by atoms with Crippen molar-refractivity contribution in [1.29, 1.82) is 0 Å². The second-order valence-corrected chi connectivity index (χ2v) is 7.57. The summed E-state index contributed by atoms with van der Waals surface area (Å²) in [5.41, 5.74) is 1.47. The van der Waals surface area contributed by atoms with Crippen molar-refractivity contribution < 1.29 is 9.53 Å². The second-order valence-electron chi connectivity index (χ2n) is 7.00. The van der Waals surface area contributed by atoms with Crippen LogP contribution >= 0.6 is 11.6 Å². The van der Waals surface area contributed by atoms with E-state index in [-0.39, 0.29) is 0 Å². The first-order valence-corrected chi connectivity index (χ1v) is 10.5. The lowest BCUT2D eigenvalue weighted by molar-refractivity contribution is -0.146. The smallest absolute Gasteiger partial charge is 0.336 e. The minimum atomic E-state index is -1.30. The molecule has 0 N–H and O–H groups in total. The van der Waals surface area contributed by atoms with Gasteiger partial charge in [0.15, 0.2) is 4.87 Å². The fraction of sp³-hybridized carbons (Fsp3) is 0.458. The number of unbranched alkanes of at least 4 members (excludes halogenated alkanes) is 7. The lowest BCUT2D eigenvalue weighted by atomic mass is 9.90. The van der Waals surface area contributed by atoms with Crippen LogP contribution in [0.1, 0.15) is 69.4 Å². The van der Waals surface area contributed by atoms with Gasteiger partial charge in [-0.05, 0) is 17.5 Å². The second kappa shape index (κ2) is 11.8. The van der Waals surface area contributed by atoms with Crippen molar-refractivity contribution in [3.63, 3.8) is 0 Å². The van der Waals surface area contributed by atoms with Gasteiger partial charge in [0.2, 0.25) is 0 Å². The van der Waals surface area contributed by atoms with Gasteiger partial charge in [0.25, 0.3) is 0 Å². The van der Waals surface area contributed by atoms with Gasteiger partial charge in [0.05, 0.1) is 6.61 Å². The van der Waals surface area contributed by atoms with Crippen molar-refractivity contribution in [3.8, 4) is 0 Å². The zero-order chi connectivity index (χ0) is 19.4.